The van der Waals surface area contributed by atoms with Crippen LogP contribution in [0.4, 0.5) is 0 Å². The number of carbonyl (C=O) groups excluding carboxylic acids is 1. The average Bonchev–Trinajstić information content (AvgIpc) is 2.70. The summed E-state index contributed by atoms with van der Waals surface area (Å²) in [6.07, 6.45) is 5.64. The fourth-order valence-electron chi connectivity index (χ4n) is 2.78. The molecule has 0 bridgehead atoms. The van der Waals surface area contributed by atoms with Gasteiger partial charge in [-0.3, -0.25) is 9.69 Å². The van der Waals surface area contributed by atoms with E-state index in [2.05, 4.69) is 18.7 Å². The van der Waals surface area contributed by atoms with Gasteiger partial charge in [-0.05, 0) is 38.8 Å². The second-order valence-electron chi connectivity index (χ2n) is 5.23. The topological polar surface area (TPSA) is 25.2 Å². The molecule has 3 nitrogen and oxygen atoms in total. The SMILES string of the molecule is C[C@@H]1CCC[C@H](C)N1CC(=O)c1cccn1C. The molecule has 17 heavy (non-hydrogen) atoms. The Morgan fingerprint density at radius 3 is 2.53 bits per heavy atom. The Bertz CT molecular complexity index is 387. The first-order valence-electron chi connectivity index (χ1n) is 6.50. The number of aromatic nitrogens is 1. The summed E-state index contributed by atoms with van der Waals surface area (Å²) in [5.41, 5.74) is 0.815. The molecular weight excluding hydrogens is 212 g/mol. The van der Waals surface area contributed by atoms with Crippen LogP contribution in [0, 0.1) is 0 Å². The van der Waals surface area contributed by atoms with Gasteiger partial charge in [-0.15, -0.1) is 0 Å². The van der Waals surface area contributed by atoms with Gasteiger partial charge in [0.05, 0.1) is 12.2 Å². The van der Waals surface area contributed by atoms with Crippen LogP contribution >= 0.6 is 0 Å². The average molecular weight is 234 g/mol. The summed E-state index contributed by atoms with van der Waals surface area (Å²) in [7, 11) is 1.93. The third-order valence-corrected chi connectivity index (χ3v) is 3.93. The molecule has 0 saturated carbocycles. The van der Waals surface area contributed by atoms with Crippen LogP contribution < -0.4 is 0 Å². The second-order valence-corrected chi connectivity index (χ2v) is 5.23. The van der Waals surface area contributed by atoms with Crippen LogP contribution in [0.15, 0.2) is 18.3 Å². The minimum absolute atomic E-state index is 0.234. The number of likely N-dealkylation sites (tertiary alicyclic amines) is 1. The molecule has 0 aromatic carbocycles. The van der Waals surface area contributed by atoms with Gasteiger partial charge < -0.3 is 4.57 Å². The first-order valence-corrected chi connectivity index (χ1v) is 6.50. The smallest absolute Gasteiger partial charge is 0.193 e. The standard InChI is InChI=1S/C14H22N2O/c1-11-6-4-7-12(2)16(11)10-14(17)13-8-5-9-15(13)3/h5,8-9,11-12H,4,6-7,10H2,1-3H3/t11-,12+. The van der Waals surface area contributed by atoms with Crippen molar-refractivity contribution in [1.29, 1.82) is 0 Å². The van der Waals surface area contributed by atoms with Gasteiger partial charge in [0.1, 0.15) is 0 Å². The van der Waals surface area contributed by atoms with Gasteiger partial charge in [0.2, 0.25) is 0 Å². The second kappa shape index (κ2) is 5.05. The molecule has 0 aliphatic carbocycles. The van der Waals surface area contributed by atoms with Crippen LogP contribution in [0.5, 0.6) is 0 Å². The molecule has 1 aromatic rings. The Kier molecular flexibility index (Phi) is 3.67. The highest BCUT2D eigenvalue weighted by molar-refractivity contribution is 5.96. The van der Waals surface area contributed by atoms with Crippen molar-refractivity contribution in [1.82, 2.24) is 9.47 Å². The maximum absolute atomic E-state index is 12.2. The minimum Gasteiger partial charge on any atom is -0.348 e. The molecule has 0 amide bonds. The van der Waals surface area contributed by atoms with E-state index in [9.17, 15) is 4.79 Å². The Labute approximate surface area is 103 Å². The molecule has 2 rings (SSSR count). The van der Waals surface area contributed by atoms with Crippen LogP contribution in [0.1, 0.15) is 43.6 Å². The van der Waals surface area contributed by atoms with E-state index in [0.29, 0.717) is 18.6 Å². The van der Waals surface area contributed by atoms with Gasteiger partial charge in [0, 0.05) is 25.3 Å². The van der Waals surface area contributed by atoms with E-state index in [0.717, 1.165) is 5.69 Å². The molecule has 1 fully saturated rings. The van der Waals surface area contributed by atoms with Gasteiger partial charge in [-0.25, -0.2) is 0 Å². The van der Waals surface area contributed by atoms with Crippen molar-refractivity contribution >= 4 is 5.78 Å². The van der Waals surface area contributed by atoms with E-state index in [1.165, 1.54) is 19.3 Å². The lowest BCUT2D eigenvalue weighted by Crippen LogP contribution is -2.46. The summed E-state index contributed by atoms with van der Waals surface area (Å²) >= 11 is 0. The van der Waals surface area contributed by atoms with Crippen molar-refractivity contribution in [2.75, 3.05) is 6.54 Å². The molecule has 1 saturated heterocycles. The van der Waals surface area contributed by atoms with Gasteiger partial charge in [0.25, 0.3) is 0 Å². The van der Waals surface area contributed by atoms with Crippen molar-refractivity contribution in [2.45, 2.75) is 45.2 Å². The molecule has 0 N–H and O–H groups in total. The van der Waals surface area contributed by atoms with Gasteiger partial charge in [0.15, 0.2) is 5.78 Å². The van der Waals surface area contributed by atoms with Crippen LogP contribution in [-0.4, -0.2) is 33.9 Å². The third-order valence-electron chi connectivity index (χ3n) is 3.93. The van der Waals surface area contributed by atoms with E-state index < -0.39 is 0 Å². The maximum Gasteiger partial charge on any atom is 0.193 e. The van der Waals surface area contributed by atoms with E-state index in [1.807, 2.05) is 29.9 Å². The first-order chi connectivity index (χ1) is 8.09. The van der Waals surface area contributed by atoms with E-state index >= 15 is 0 Å². The van der Waals surface area contributed by atoms with Crippen LogP contribution in [-0.2, 0) is 7.05 Å². The third kappa shape index (κ3) is 2.60. The molecule has 3 heteroatoms. The number of piperidine rings is 1. The fraction of sp³-hybridized carbons (Fsp3) is 0.643. The van der Waals surface area contributed by atoms with Crippen molar-refractivity contribution < 1.29 is 4.79 Å². The number of ketones is 1. The van der Waals surface area contributed by atoms with Crippen molar-refractivity contribution in [3.8, 4) is 0 Å². The molecule has 0 spiro atoms. The van der Waals surface area contributed by atoms with Crippen molar-refractivity contribution in [3.05, 3.63) is 24.0 Å². The fourth-order valence-corrected chi connectivity index (χ4v) is 2.78. The molecule has 1 aliphatic rings. The highest BCUT2D eigenvalue weighted by atomic mass is 16.1. The van der Waals surface area contributed by atoms with E-state index in [4.69, 9.17) is 0 Å². The lowest BCUT2D eigenvalue weighted by Gasteiger charge is -2.38. The Hall–Kier alpha value is -1.09. The van der Waals surface area contributed by atoms with Crippen molar-refractivity contribution in [3.63, 3.8) is 0 Å². The number of Topliss-reactive ketones (excluding diaryl/α,β-unsaturated/α-hetero) is 1. The molecule has 2 atom stereocenters. The Morgan fingerprint density at radius 2 is 2.00 bits per heavy atom. The van der Waals surface area contributed by atoms with Gasteiger partial charge in [-0.2, -0.15) is 0 Å². The summed E-state index contributed by atoms with van der Waals surface area (Å²) in [6.45, 7) is 5.02. The maximum atomic E-state index is 12.2. The van der Waals surface area contributed by atoms with Crippen LogP contribution in [0.3, 0.4) is 0 Å². The molecule has 94 valence electrons. The lowest BCUT2D eigenvalue weighted by atomic mass is 9.97. The molecule has 0 unspecified atom stereocenters. The molecule has 0 radical (unpaired) electrons. The Morgan fingerprint density at radius 1 is 1.35 bits per heavy atom. The van der Waals surface area contributed by atoms with Crippen molar-refractivity contribution in [2.24, 2.45) is 7.05 Å². The largest absolute Gasteiger partial charge is 0.348 e. The summed E-state index contributed by atoms with van der Waals surface area (Å²) in [6, 6.07) is 4.89. The minimum atomic E-state index is 0.234. The Balaban J connectivity index is 2.05. The number of nitrogens with zero attached hydrogens (tertiary/aromatic N) is 2. The quantitative estimate of drug-likeness (QED) is 0.751. The monoisotopic (exact) mass is 234 g/mol. The summed E-state index contributed by atoms with van der Waals surface area (Å²) in [4.78, 5) is 14.6. The predicted molar refractivity (Wildman–Crippen MR) is 69.2 cm³/mol. The molecular formula is C14H22N2O. The lowest BCUT2D eigenvalue weighted by molar-refractivity contribution is 0.0727. The zero-order chi connectivity index (χ0) is 12.4. The highest BCUT2D eigenvalue weighted by Crippen LogP contribution is 2.22. The van der Waals surface area contributed by atoms with Crippen LogP contribution in [0.25, 0.3) is 0 Å². The number of hydrogen-bond acceptors (Lipinski definition) is 2. The summed E-state index contributed by atoms with van der Waals surface area (Å²) in [5, 5.41) is 0. The number of rotatable bonds is 3. The van der Waals surface area contributed by atoms with Crippen LogP contribution in [0.2, 0.25) is 0 Å². The van der Waals surface area contributed by atoms with E-state index in [-0.39, 0.29) is 5.78 Å². The number of carbonyl (C=O) groups is 1. The predicted octanol–water partition coefficient (Wildman–Crippen LogP) is 2.47. The zero-order valence-corrected chi connectivity index (χ0v) is 11.0. The normalized spacial score (nSPS) is 26.1. The molecule has 1 aromatic heterocycles. The number of hydrogen-bond donors (Lipinski definition) is 0. The highest BCUT2D eigenvalue weighted by Gasteiger charge is 2.27. The molecule has 1 aliphatic heterocycles. The van der Waals surface area contributed by atoms with Gasteiger partial charge >= 0.3 is 0 Å². The zero-order valence-electron chi connectivity index (χ0n) is 11.0. The van der Waals surface area contributed by atoms with Gasteiger partial charge in [-0.1, -0.05) is 6.42 Å². The summed E-state index contributed by atoms with van der Waals surface area (Å²) in [5.74, 6) is 0.234. The summed E-state index contributed by atoms with van der Waals surface area (Å²) < 4.78 is 1.90. The molecule has 2 heterocycles. The first kappa shape index (κ1) is 12.4. The number of aryl methyl sites for hydroxylation is 1. The van der Waals surface area contributed by atoms with E-state index in [1.54, 1.807) is 0 Å².